The lowest BCUT2D eigenvalue weighted by atomic mass is 9.90. The Labute approximate surface area is 164 Å². The molecule has 144 valence electrons. The zero-order valence-electron chi connectivity index (χ0n) is 15.5. The fourth-order valence-electron chi connectivity index (χ4n) is 3.52. The Kier molecular flexibility index (Phi) is 6.50. The molecule has 2 aliphatic rings. The molecule has 6 nitrogen and oxygen atoms in total. The first-order valence-corrected chi connectivity index (χ1v) is 9.59. The molecule has 3 rings (SSSR count). The van der Waals surface area contributed by atoms with Crippen LogP contribution in [-0.2, 0) is 14.3 Å². The highest BCUT2D eigenvalue weighted by Gasteiger charge is 2.25. The lowest BCUT2D eigenvalue weighted by Crippen LogP contribution is -2.22. The molecule has 0 aromatic carbocycles. The van der Waals surface area contributed by atoms with Crippen molar-refractivity contribution in [1.29, 1.82) is 0 Å². The number of aliphatic imine (C=N–C) groups is 1. The number of rotatable bonds is 4. The van der Waals surface area contributed by atoms with Crippen LogP contribution in [0.1, 0.15) is 50.8 Å². The second-order valence-electron chi connectivity index (χ2n) is 6.59. The van der Waals surface area contributed by atoms with Crippen molar-refractivity contribution in [2.45, 2.75) is 45.1 Å². The molecule has 1 aliphatic carbocycles. The molecular formula is C20H24ClN3O3. The first-order valence-electron chi connectivity index (χ1n) is 9.21. The van der Waals surface area contributed by atoms with Crippen molar-refractivity contribution in [2.75, 3.05) is 13.2 Å². The minimum Gasteiger partial charge on any atom is -0.463 e. The van der Waals surface area contributed by atoms with Gasteiger partial charge in [-0.2, -0.15) is 5.10 Å². The fourth-order valence-corrected chi connectivity index (χ4v) is 3.71. The summed E-state index contributed by atoms with van der Waals surface area (Å²) >= 11 is 6.17. The molecule has 7 heteroatoms. The van der Waals surface area contributed by atoms with Gasteiger partial charge in [-0.3, -0.25) is 14.5 Å². The quantitative estimate of drug-likeness (QED) is 0.435. The van der Waals surface area contributed by atoms with Gasteiger partial charge in [0.2, 0.25) is 0 Å². The van der Waals surface area contributed by atoms with Crippen LogP contribution >= 0.6 is 11.6 Å². The number of hydrogen-bond donors (Lipinski definition) is 0. The molecule has 1 aromatic heterocycles. The number of carbonyl (C=O) groups excluding carboxylic acids is 1. The zero-order chi connectivity index (χ0) is 19.2. The monoisotopic (exact) mass is 389 g/mol. The van der Waals surface area contributed by atoms with E-state index in [0.29, 0.717) is 19.5 Å². The lowest BCUT2D eigenvalue weighted by Gasteiger charge is -2.27. The van der Waals surface area contributed by atoms with Gasteiger partial charge >= 0.3 is 0 Å². The maximum absolute atomic E-state index is 11.6. The maximum Gasteiger partial charge on any atom is 0.292 e. The van der Waals surface area contributed by atoms with Gasteiger partial charge in [0.1, 0.15) is 18.8 Å². The van der Waals surface area contributed by atoms with Crippen molar-refractivity contribution in [3.8, 4) is 0 Å². The molecule has 1 unspecified atom stereocenters. The van der Waals surface area contributed by atoms with Gasteiger partial charge in [-0.25, -0.2) is 0 Å². The van der Waals surface area contributed by atoms with Crippen molar-refractivity contribution in [3.05, 3.63) is 46.3 Å². The minimum absolute atomic E-state index is 0.0237. The highest BCUT2D eigenvalue weighted by molar-refractivity contribution is 6.34. The van der Waals surface area contributed by atoms with Gasteiger partial charge in [-0.05, 0) is 56.0 Å². The van der Waals surface area contributed by atoms with Crippen LogP contribution < -0.4 is 0 Å². The summed E-state index contributed by atoms with van der Waals surface area (Å²) in [4.78, 5) is 15.3. The molecule has 0 spiro atoms. The highest BCUT2D eigenvalue weighted by Crippen LogP contribution is 2.35. The number of fused-ring (bicyclic) bond motifs is 2. The van der Waals surface area contributed by atoms with Crippen LogP contribution in [0, 0.1) is 0 Å². The van der Waals surface area contributed by atoms with Crippen LogP contribution in [0.15, 0.2) is 45.6 Å². The number of allylic oxidation sites excluding steroid dienone is 3. The molecule has 1 atom stereocenters. The number of aromatic nitrogens is 2. The van der Waals surface area contributed by atoms with Crippen molar-refractivity contribution in [1.82, 2.24) is 9.78 Å². The Morgan fingerprint density at radius 3 is 3.00 bits per heavy atom. The number of halogens is 1. The van der Waals surface area contributed by atoms with Crippen molar-refractivity contribution in [3.63, 3.8) is 0 Å². The van der Waals surface area contributed by atoms with E-state index in [-0.39, 0.29) is 22.6 Å². The molecule has 2 heterocycles. The molecule has 0 saturated heterocycles. The topological polar surface area (TPSA) is 65.7 Å². The van der Waals surface area contributed by atoms with Gasteiger partial charge in [0.25, 0.3) is 5.95 Å². The third kappa shape index (κ3) is 4.16. The predicted octanol–water partition coefficient (Wildman–Crippen LogP) is 4.40. The van der Waals surface area contributed by atoms with E-state index >= 15 is 0 Å². The summed E-state index contributed by atoms with van der Waals surface area (Å²) in [6, 6.07) is 2.09. The molecular weight excluding hydrogens is 366 g/mol. The average molecular weight is 390 g/mol. The number of ether oxygens (including phenoxy) is 2. The van der Waals surface area contributed by atoms with Gasteiger partial charge in [-0.15, -0.1) is 0 Å². The van der Waals surface area contributed by atoms with Gasteiger partial charge in [-0.1, -0.05) is 18.5 Å². The Bertz CT molecular complexity index is 807. The van der Waals surface area contributed by atoms with Crippen molar-refractivity contribution < 1.29 is 14.3 Å². The third-order valence-electron chi connectivity index (χ3n) is 4.96. The second kappa shape index (κ2) is 9.04. The van der Waals surface area contributed by atoms with Gasteiger partial charge in [0.15, 0.2) is 6.29 Å². The number of aldehydes is 1. The third-order valence-corrected chi connectivity index (χ3v) is 5.26. The van der Waals surface area contributed by atoms with Crippen LogP contribution in [0.4, 0.5) is 0 Å². The number of carbonyl (C=O) groups is 1. The average Bonchev–Trinajstić information content (AvgIpc) is 3.16. The maximum atomic E-state index is 11.6. The zero-order valence-corrected chi connectivity index (χ0v) is 16.2. The van der Waals surface area contributed by atoms with E-state index in [9.17, 15) is 4.79 Å². The number of hydrogen-bond acceptors (Lipinski definition) is 5. The molecule has 0 saturated carbocycles. The Hall–Kier alpha value is -2.34. The van der Waals surface area contributed by atoms with Crippen LogP contribution in [-0.4, -0.2) is 36.0 Å². The van der Waals surface area contributed by atoms with Crippen LogP contribution in [0.3, 0.4) is 0 Å². The Morgan fingerprint density at radius 2 is 2.26 bits per heavy atom. The summed E-state index contributed by atoms with van der Waals surface area (Å²) < 4.78 is 13.9. The lowest BCUT2D eigenvalue weighted by molar-refractivity contribution is -0.105. The van der Waals surface area contributed by atoms with E-state index in [1.165, 1.54) is 17.3 Å². The standard InChI is InChI=1S/C20H24ClN3O3/c1-3-15-13-27-20(17(11-25)18(21)10-22-2)26-12-14-6-4-5-7-16(14)19-8-9-23-24(15)19/h8-11,15H,2-7,12-13H2,1H3/b18-10+,20-17-. The summed E-state index contributed by atoms with van der Waals surface area (Å²) in [7, 11) is 0. The molecule has 1 aliphatic heterocycles. The second-order valence-corrected chi connectivity index (χ2v) is 7.00. The molecule has 0 N–H and O–H groups in total. The minimum atomic E-state index is 0.0237. The van der Waals surface area contributed by atoms with Gasteiger partial charge in [0.05, 0.1) is 16.8 Å². The molecule has 0 radical (unpaired) electrons. The van der Waals surface area contributed by atoms with E-state index < -0.39 is 0 Å². The van der Waals surface area contributed by atoms with Crippen LogP contribution in [0.5, 0.6) is 0 Å². The van der Waals surface area contributed by atoms with E-state index in [1.807, 2.05) is 10.9 Å². The van der Waals surface area contributed by atoms with E-state index in [2.05, 4.69) is 29.8 Å². The van der Waals surface area contributed by atoms with E-state index in [0.717, 1.165) is 37.8 Å². The first-order chi connectivity index (χ1) is 13.2. The number of nitrogens with zero attached hydrogens (tertiary/aromatic N) is 3. The van der Waals surface area contributed by atoms with E-state index in [4.69, 9.17) is 21.1 Å². The molecule has 1 aromatic rings. The Balaban J connectivity index is 2.07. The normalized spacial score (nSPS) is 22.7. The van der Waals surface area contributed by atoms with Crippen LogP contribution in [0.2, 0.25) is 0 Å². The summed E-state index contributed by atoms with van der Waals surface area (Å²) in [5.74, 6) is 0.126. The highest BCUT2D eigenvalue weighted by atomic mass is 35.5. The fraction of sp³-hybridized carbons (Fsp3) is 0.450. The summed E-state index contributed by atoms with van der Waals surface area (Å²) in [5, 5.41) is 4.68. The molecule has 0 bridgehead atoms. The van der Waals surface area contributed by atoms with Crippen molar-refractivity contribution >= 4 is 30.2 Å². The van der Waals surface area contributed by atoms with Crippen molar-refractivity contribution in [2.24, 2.45) is 4.99 Å². The first kappa shape index (κ1) is 19.4. The summed E-state index contributed by atoms with van der Waals surface area (Å²) in [5.41, 5.74) is 3.78. The molecule has 0 amide bonds. The van der Waals surface area contributed by atoms with E-state index in [1.54, 1.807) is 0 Å². The van der Waals surface area contributed by atoms with Gasteiger partial charge < -0.3 is 9.47 Å². The molecule has 27 heavy (non-hydrogen) atoms. The summed E-state index contributed by atoms with van der Waals surface area (Å²) in [6.07, 6.45) is 8.83. The Morgan fingerprint density at radius 1 is 1.44 bits per heavy atom. The SMILES string of the molecule is C=N/C=C(Cl)\C(C=O)=C1\OCC2=C(CCCC2)c2ccnn2C(CC)CO1. The smallest absolute Gasteiger partial charge is 0.292 e. The molecule has 0 fully saturated rings. The van der Waals surface area contributed by atoms with Gasteiger partial charge in [0, 0.05) is 12.4 Å². The van der Waals surface area contributed by atoms with Crippen LogP contribution in [0.25, 0.3) is 5.57 Å². The summed E-state index contributed by atoms with van der Waals surface area (Å²) in [6.45, 7) is 6.14. The largest absolute Gasteiger partial charge is 0.463 e. The predicted molar refractivity (Wildman–Crippen MR) is 105 cm³/mol.